The summed E-state index contributed by atoms with van der Waals surface area (Å²) in [6.45, 7) is 5.01. The Kier molecular flexibility index (Phi) is 8.56. The van der Waals surface area contributed by atoms with Crippen LogP contribution in [0.5, 0.6) is 0 Å². The molecule has 0 spiro atoms. The third kappa shape index (κ3) is 6.23. The van der Waals surface area contributed by atoms with Gasteiger partial charge < -0.3 is 19.1 Å². The van der Waals surface area contributed by atoms with E-state index in [9.17, 15) is 9.59 Å². The zero-order chi connectivity index (χ0) is 21.6. The van der Waals surface area contributed by atoms with Crippen molar-refractivity contribution in [3.63, 3.8) is 0 Å². The number of methoxy groups -OCH3 is 1. The van der Waals surface area contributed by atoms with E-state index in [1.165, 1.54) is 11.0 Å². The lowest BCUT2D eigenvalue weighted by Gasteiger charge is -2.30. The Bertz CT molecular complexity index is 851. The summed E-state index contributed by atoms with van der Waals surface area (Å²) >= 11 is 12.0. The summed E-state index contributed by atoms with van der Waals surface area (Å²) in [6.07, 6.45) is 1.93. The highest BCUT2D eigenvalue weighted by Crippen LogP contribution is 2.23. The predicted molar refractivity (Wildman–Crippen MR) is 115 cm³/mol. The number of amides is 2. The number of aromatic nitrogens is 1. The van der Waals surface area contributed by atoms with Crippen molar-refractivity contribution in [2.45, 2.75) is 26.4 Å². The minimum atomic E-state index is -0.266. The van der Waals surface area contributed by atoms with Gasteiger partial charge in [-0.25, -0.2) is 0 Å². The van der Waals surface area contributed by atoms with Crippen LogP contribution in [0, 0.1) is 0 Å². The van der Waals surface area contributed by atoms with Crippen molar-refractivity contribution >= 4 is 35.0 Å². The maximum absolute atomic E-state index is 13.1. The minimum absolute atomic E-state index is 0.0368. The summed E-state index contributed by atoms with van der Waals surface area (Å²) in [5, 5.41) is 0.682. The van der Waals surface area contributed by atoms with Crippen LogP contribution in [-0.4, -0.2) is 59.0 Å². The first kappa shape index (κ1) is 23.3. The molecule has 158 valence electrons. The fourth-order valence-corrected chi connectivity index (χ4v) is 3.18. The second kappa shape index (κ2) is 10.7. The van der Waals surface area contributed by atoms with Gasteiger partial charge in [0.05, 0.1) is 23.2 Å². The van der Waals surface area contributed by atoms with E-state index in [-0.39, 0.29) is 24.4 Å². The molecule has 0 atom stereocenters. The van der Waals surface area contributed by atoms with E-state index in [0.29, 0.717) is 35.3 Å². The summed E-state index contributed by atoms with van der Waals surface area (Å²) in [5.41, 5.74) is 1.40. The van der Waals surface area contributed by atoms with Gasteiger partial charge in [-0.15, -0.1) is 0 Å². The molecule has 0 radical (unpaired) electrons. The Hall–Kier alpha value is -2.02. The van der Waals surface area contributed by atoms with Crippen LogP contribution in [0.3, 0.4) is 0 Å². The van der Waals surface area contributed by atoms with Crippen molar-refractivity contribution in [2.24, 2.45) is 7.05 Å². The van der Waals surface area contributed by atoms with Gasteiger partial charge in [-0.1, -0.05) is 23.2 Å². The highest BCUT2D eigenvalue weighted by molar-refractivity contribution is 6.42. The van der Waals surface area contributed by atoms with Crippen molar-refractivity contribution < 1.29 is 14.3 Å². The average molecular weight is 440 g/mol. The summed E-state index contributed by atoms with van der Waals surface area (Å²) in [5.74, 6) is -0.414. The van der Waals surface area contributed by atoms with Gasteiger partial charge >= 0.3 is 0 Å². The first-order valence-electron chi connectivity index (χ1n) is 9.37. The molecule has 2 aromatic rings. The molecule has 0 N–H and O–H groups in total. The van der Waals surface area contributed by atoms with Crippen LogP contribution in [0.15, 0.2) is 36.5 Å². The van der Waals surface area contributed by atoms with Gasteiger partial charge in [0.15, 0.2) is 0 Å². The zero-order valence-corrected chi connectivity index (χ0v) is 18.7. The SMILES string of the molecule is COCCN(Cc1cccn1C)C(=O)CN(C(=O)c1ccc(Cl)c(Cl)c1)C(C)C. The molecule has 0 aliphatic rings. The van der Waals surface area contributed by atoms with E-state index < -0.39 is 0 Å². The van der Waals surface area contributed by atoms with Gasteiger partial charge in [0.25, 0.3) is 5.91 Å². The average Bonchev–Trinajstić information content (AvgIpc) is 3.08. The number of nitrogens with zero attached hydrogens (tertiary/aromatic N) is 3. The highest BCUT2D eigenvalue weighted by atomic mass is 35.5. The van der Waals surface area contributed by atoms with Crippen LogP contribution >= 0.6 is 23.2 Å². The molecule has 29 heavy (non-hydrogen) atoms. The standard InChI is InChI=1S/C21H27Cl2N3O3/c1-15(2)26(21(28)16-7-8-18(22)19(23)12-16)14-20(27)25(10-11-29-4)13-17-6-5-9-24(17)3/h5-9,12,15H,10-11,13-14H2,1-4H3. The van der Waals surface area contributed by atoms with Crippen molar-refractivity contribution in [1.82, 2.24) is 14.4 Å². The Morgan fingerprint density at radius 1 is 1.17 bits per heavy atom. The molecule has 0 saturated carbocycles. The van der Waals surface area contributed by atoms with Crippen LogP contribution in [0.4, 0.5) is 0 Å². The molecule has 1 aromatic carbocycles. The molecule has 1 aromatic heterocycles. The molecule has 0 fully saturated rings. The quantitative estimate of drug-likeness (QED) is 0.595. The fraction of sp³-hybridized carbons (Fsp3) is 0.429. The molecule has 1 heterocycles. The van der Waals surface area contributed by atoms with Crippen LogP contribution in [0.2, 0.25) is 10.0 Å². The van der Waals surface area contributed by atoms with Gasteiger partial charge in [0.2, 0.25) is 5.91 Å². The monoisotopic (exact) mass is 439 g/mol. The number of halogens is 2. The van der Waals surface area contributed by atoms with Crippen LogP contribution < -0.4 is 0 Å². The number of hydrogen-bond donors (Lipinski definition) is 0. The number of rotatable bonds is 9. The summed E-state index contributed by atoms with van der Waals surface area (Å²) in [4.78, 5) is 29.3. The Labute approximate surface area is 181 Å². The Balaban J connectivity index is 2.19. The molecule has 2 rings (SSSR count). The molecule has 0 saturated heterocycles. The van der Waals surface area contributed by atoms with E-state index in [1.54, 1.807) is 24.1 Å². The Morgan fingerprint density at radius 3 is 2.45 bits per heavy atom. The lowest BCUT2D eigenvalue weighted by molar-refractivity contribution is -0.133. The van der Waals surface area contributed by atoms with Gasteiger partial charge in [-0.3, -0.25) is 9.59 Å². The second-order valence-corrected chi connectivity index (χ2v) is 7.89. The fourth-order valence-electron chi connectivity index (χ4n) is 2.88. The van der Waals surface area contributed by atoms with Crippen LogP contribution in [0.25, 0.3) is 0 Å². The molecule has 0 unspecified atom stereocenters. The molecule has 6 nitrogen and oxygen atoms in total. The zero-order valence-electron chi connectivity index (χ0n) is 17.2. The first-order valence-corrected chi connectivity index (χ1v) is 10.1. The number of benzene rings is 1. The van der Waals surface area contributed by atoms with Crippen LogP contribution in [-0.2, 0) is 23.1 Å². The van der Waals surface area contributed by atoms with E-state index in [1.807, 2.05) is 43.8 Å². The predicted octanol–water partition coefficient (Wildman–Crippen LogP) is 3.86. The Morgan fingerprint density at radius 2 is 1.90 bits per heavy atom. The molecule has 0 aliphatic heterocycles. The van der Waals surface area contributed by atoms with E-state index >= 15 is 0 Å². The maximum Gasteiger partial charge on any atom is 0.254 e. The van der Waals surface area contributed by atoms with E-state index in [2.05, 4.69) is 0 Å². The topological polar surface area (TPSA) is 54.8 Å². The third-order valence-corrected chi connectivity index (χ3v) is 5.42. The molecule has 2 amide bonds. The smallest absolute Gasteiger partial charge is 0.254 e. The van der Waals surface area contributed by atoms with Crippen molar-refractivity contribution in [3.05, 3.63) is 57.8 Å². The van der Waals surface area contributed by atoms with Crippen molar-refractivity contribution in [2.75, 3.05) is 26.8 Å². The van der Waals surface area contributed by atoms with Gasteiger partial charge in [-0.05, 0) is 44.2 Å². The third-order valence-electron chi connectivity index (χ3n) is 4.68. The lowest BCUT2D eigenvalue weighted by Crippen LogP contribution is -2.46. The highest BCUT2D eigenvalue weighted by Gasteiger charge is 2.25. The molecule has 0 bridgehead atoms. The van der Waals surface area contributed by atoms with Gasteiger partial charge in [0, 0.05) is 44.2 Å². The number of carbonyl (C=O) groups is 2. The molecule has 8 heteroatoms. The van der Waals surface area contributed by atoms with Gasteiger partial charge in [0.1, 0.15) is 6.54 Å². The first-order chi connectivity index (χ1) is 13.7. The number of ether oxygens (including phenoxy) is 1. The number of carbonyl (C=O) groups excluding carboxylic acids is 2. The molecular weight excluding hydrogens is 413 g/mol. The lowest BCUT2D eigenvalue weighted by atomic mass is 10.1. The van der Waals surface area contributed by atoms with Crippen LogP contribution in [0.1, 0.15) is 29.9 Å². The number of aryl methyl sites for hydroxylation is 1. The van der Waals surface area contributed by atoms with E-state index in [4.69, 9.17) is 27.9 Å². The summed E-state index contributed by atoms with van der Waals surface area (Å²) < 4.78 is 7.12. The largest absolute Gasteiger partial charge is 0.383 e. The minimum Gasteiger partial charge on any atom is -0.383 e. The van der Waals surface area contributed by atoms with Crippen molar-refractivity contribution in [3.8, 4) is 0 Å². The summed E-state index contributed by atoms with van der Waals surface area (Å²) in [6, 6.07) is 8.45. The molecule has 0 aliphatic carbocycles. The van der Waals surface area contributed by atoms with E-state index in [0.717, 1.165) is 5.69 Å². The number of hydrogen-bond acceptors (Lipinski definition) is 3. The maximum atomic E-state index is 13.1. The molecular formula is C21H27Cl2N3O3. The van der Waals surface area contributed by atoms with Gasteiger partial charge in [-0.2, -0.15) is 0 Å². The summed E-state index contributed by atoms with van der Waals surface area (Å²) in [7, 11) is 3.53. The normalized spacial score (nSPS) is 11.0. The second-order valence-electron chi connectivity index (χ2n) is 7.07. The van der Waals surface area contributed by atoms with Crippen molar-refractivity contribution in [1.29, 1.82) is 0 Å².